The summed E-state index contributed by atoms with van der Waals surface area (Å²) in [5, 5.41) is 5.95. The van der Waals surface area contributed by atoms with Crippen molar-refractivity contribution in [3.8, 4) is 10.6 Å². The van der Waals surface area contributed by atoms with Gasteiger partial charge in [-0.15, -0.1) is 11.3 Å². The van der Waals surface area contributed by atoms with Gasteiger partial charge in [0, 0.05) is 9.90 Å². The van der Waals surface area contributed by atoms with Crippen molar-refractivity contribution in [3.05, 3.63) is 51.5 Å². The summed E-state index contributed by atoms with van der Waals surface area (Å²) in [5.74, 6) is 0. The number of aromatic nitrogens is 2. The average molecular weight is 436 g/mol. The van der Waals surface area contributed by atoms with Gasteiger partial charge in [0.25, 0.3) is 10.0 Å². The highest BCUT2D eigenvalue weighted by Crippen LogP contribution is 2.36. The second-order valence-electron chi connectivity index (χ2n) is 5.77. The van der Waals surface area contributed by atoms with E-state index in [0.29, 0.717) is 14.8 Å². The third-order valence-corrected chi connectivity index (χ3v) is 6.84. The van der Waals surface area contributed by atoms with E-state index in [1.54, 1.807) is 26.0 Å². The largest absolute Gasteiger partial charge is 0.432 e. The predicted octanol–water partition coefficient (Wildman–Crippen LogP) is 5.23. The standard InChI is InChI=1S/C16H13ClF3N3O2S2/c1-8-3-4-10(5-11(8)17)23-27(24,25)14-7-13(26-9(14)2)12-6-15(22-21-12)16(18,19)20/h3-7,23H,1-2H3,(H,21,22). The van der Waals surface area contributed by atoms with Crippen LogP contribution in [0.5, 0.6) is 0 Å². The van der Waals surface area contributed by atoms with E-state index in [1.807, 2.05) is 5.10 Å². The zero-order chi connectivity index (χ0) is 20.0. The Morgan fingerprint density at radius 1 is 1.19 bits per heavy atom. The molecule has 0 spiro atoms. The summed E-state index contributed by atoms with van der Waals surface area (Å²) < 4.78 is 65.9. The van der Waals surface area contributed by atoms with Crippen LogP contribution in [0.15, 0.2) is 35.2 Å². The van der Waals surface area contributed by atoms with Gasteiger partial charge in [-0.1, -0.05) is 17.7 Å². The fraction of sp³-hybridized carbons (Fsp3) is 0.188. The molecule has 3 rings (SSSR count). The van der Waals surface area contributed by atoms with E-state index < -0.39 is 21.9 Å². The number of thiophene rings is 1. The zero-order valence-electron chi connectivity index (χ0n) is 14.0. The van der Waals surface area contributed by atoms with Crippen LogP contribution in [0, 0.1) is 13.8 Å². The molecule has 2 aromatic heterocycles. The van der Waals surface area contributed by atoms with Gasteiger partial charge in [-0.05, 0) is 43.7 Å². The third-order valence-electron chi connectivity index (χ3n) is 3.72. The van der Waals surface area contributed by atoms with Crippen LogP contribution in [0.3, 0.4) is 0 Å². The van der Waals surface area contributed by atoms with Crippen molar-refractivity contribution in [2.24, 2.45) is 0 Å². The number of sulfonamides is 1. The van der Waals surface area contributed by atoms with Gasteiger partial charge in [-0.2, -0.15) is 18.3 Å². The van der Waals surface area contributed by atoms with E-state index in [9.17, 15) is 21.6 Å². The summed E-state index contributed by atoms with van der Waals surface area (Å²) in [4.78, 5) is 0.699. The average Bonchev–Trinajstić information content (AvgIpc) is 3.17. The van der Waals surface area contributed by atoms with Crippen LogP contribution >= 0.6 is 22.9 Å². The molecule has 0 aliphatic heterocycles. The van der Waals surface area contributed by atoms with E-state index in [1.165, 1.54) is 12.1 Å². The van der Waals surface area contributed by atoms with E-state index >= 15 is 0 Å². The Morgan fingerprint density at radius 2 is 1.89 bits per heavy atom. The number of hydrogen-bond acceptors (Lipinski definition) is 4. The molecule has 2 heterocycles. The van der Waals surface area contributed by atoms with E-state index in [2.05, 4.69) is 9.82 Å². The Bertz CT molecular complexity index is 1100. The van der Waals surface area contributed by atoms with Gasteiger partial charge in [0.15, 0.2) is 0 Å². The molecular formula is C16H13ClF3N3O2S2. The molecule has 0 atom stereocenters. The number of aryl methyl sites for hydroxylation is 2. The van der Waals surface area contributed by atoms with Crippen LogP contribution in [-0.2, 0) is 16.2 Å². The highest BCUT2D eigenvalue weighted by Gasteiger charge is 2.33. The second-order valence-corrected chi connectivity index (χ2v) is 9.08. The predicted molar refractivity (Wildman–Crippen MR) is 98.6 cm³/mol. The molecule has 0 aliphatic carbocycles. The first-order valence-electron chi connectivity index (χ1n) is 7.50. The number of nitrogens with zero attached hydrogens (tertiary/aromatic N) is 1. The number of H-pyrrole nitrogens is 1. The number of aromatic amines is 1. The van der Waals surface area contributed by atoms with Gasteiger partial charge in [-0.25, -0.2) is 8.42 Å². The topological polar surface area (TPSA) is 74.8 Å². The molecule has 144 valence electrons. The summed E-state index contributed by atoms with van der Waals surface area (Å²) in [5.41, 5.74) is 0.111. The first kappa shape index (κ1) is 19.7. The molecule has 3 aromatic rings. The fourth-order valence-electron chi connectivity index (χ4n) is 2.32. The van der Waals surface area contributed by atoms with Crippen molar-refractivity contribution >= 4 is 38.6 Å². The summed E-state index contributed by atoms with van der Waals surface area (Å²) in [6.45, 7) is 3.36. The van der Waals surface area contributed by atoms with Crippen LogP contribution in [0.25, 0.3) is 10.6 Å². The number of anilines is 1. The molecule has 0 amide bonds. The van der Waals surface area contributed by atoms with Crippen molar-refractivity contribution in [1.29, 1.82) is 0 Å². The number of hydrogen-bond donors (Lipinski definition) is 2. The molecular weight excluding hydrogens is 423 g/mol. The molecule has 0 bridgehead atoms. The number of nitrogens with one attached hydrogen (secondary N) is 2. The van der Waals surface area contributed by atoms with Crippen molar-refractivity contribution in [2.45, 2.75) is 24.9 Å². The first-order chi connectivity index (χ1) is 12.5. The minimum atomic E-state index is -4.56. The minimum absolute atomic E-state index is 0.0234. The van der Waals surface area contributed by atoms with Gasteiger partial charge in [0.05, 0.1) is 10.6 Å². The Labute approximate surface area is 162 Å². The number of halogens is 4. The summed E-state index contributed by atoms with van der Waals surface area (Å²) in [6, 6.07) is 6.88. The maximum absolute atomic E-state index is 12.7. The summed E-state index contributed by atoms with van der Waals surface area (Å²) >= 11 is 7.05. The highest BCUT2D eigenvalue weighted by atomic mass is 35.5. The van der Waals surface area contributed by atoms with Gasteiger partial charge in [-0.3, -0.25) is 9.82 Å². The Morgan fingerprint density at radius 3 is 2.48 bits per heavy atom. The lowest BCUT2D eigenvalue weighted by molar-refractivity contribution is -0.141. The smallest absolute Gasteiger partial charge is 0.280 e. The normalized spacial score (nSPS) is 12.4. The van der Waals surface area contributed by atoms with Crippen molar-refractivity contribution in [2.75, 3.05) is 4.72 Å². The molecule has 5 nitrogen and oxygen atoms in total. The molecule has 0 saturated carbocycles. The molecule has 1 aromatic carbocycles. The summed E-state index contributed by atoms with van der Waals surface area (Å²) in [7, 11) is -3.94. The second kappa shape index (κ2) is 6.84. The lowest BCUT2D eigenvalue weighted by Crippen LogP contribution is -2.13. The molecule has 27 heavy (non-hydrogen) atoms. The summed E-state index contributed by atoms with van der Waals surface area (Å²) in [6.07, 6.45) is -4.56. The third kappa shape index (κ3) is 4.12. The molecule has 2 N–H and O–H groups in total. The maximum atomic E-state index is 12.7. The molecule has 0 fully saturated rings. The van der Waals surface area contributed by atoms with Crippen LogP contribution in [-0.4, -0.2) is 18.6 Å². The Balaban J connectivity index is 1.93. The quantitative estimate of drug-likeness (QED) is 0.589. The number of alkyl halides is 3. The zero-order valence-corrected chi connectivity index (χ0v) is 16.4. The molecule has 0 saturated heterocycles. The van der Waals surface area contributed by atoms with Gasteiger partial charge in [0.1, 0.15) is 16.3 Å². The number of benzene rings is 1. The number of rotatable bonds is 4. The highest BCUT2D eigenvalue weighted by molar-refractivity contribution is 7.93. The van der Waals surface area contributed by atoms with E-state index in [0.717, 1.165) is 23.0 Å². The molecule has 0 unspecified atom stereocenters. The Kier molecular flexibility index (Phi) is 5.00. The van der Waals surface area contributed by atoms with Crippen LogP contribution in [0.4, 0.5) is 18.9 Å². The maximum Gasteiger partial charge on any atom is 0.432 e. The minimum Gasteiger partial charge on any atom is -0.280 e. The van der Waals surface area contributed by atoms with Crippen molar-refractivity contribution in [3.63, 3.8) is 0 Å². The monoisotopic (exact) mass is 435 g/mol. The van der Waals surface area contributed by atoms with Gasteiger partial charge >= 0.3 is 6.18 Å². The molecule has 0 aliphatic rings. The van der Waals surface area contributed by atoms with E-state index in [4.69, 9.17) is 11.6 Å². The van der Waals surface area contributed by atoms with Gasteiger partial charge < -0.3 is 0 Å². The SMILES string of the molecule is Cc1ccc(NS(=O)(=O)c2cc(-c3cc(C(F)(F)F)[nH]n3)sc2C)cc1Cl. The van der Waals surface area contributed by atoms with E-state index in [-0.39, 0.29) is 16.3 Å². The fourth-order valence-corrected chi connectivity index (χ4v) is 5.10. The van der Waals surface area contributed by atoms with Crippen LogP contribution in [0.1, 0.15) is 16.1 Å². The van der Waals surface area contributed by atoms with Crippen LogP contribution in [0.2, 0.25) is 5.02 Å². The lowest BCUT2D eigenvalue weighted by Gasteiger charge is -2.08. The Hall–Kier alpha value is -2.04. The molecule has 0 radical (unpaired) electrons. The van der Waals surface area contributed by atoms with Crippen LogP contribution < -0.4 is 4.72 Å². The van der Waals surface area contributed by atoms with Crippen molar-refractivity contribution in [1.82, 2.24) is 10.2 Å². The first-order valence-corrected chi connectivity index (χ1v) is 10.2. The molecule has 11 heteroatoms. The van der Waals surface area contributed by atoms with Crippen molar-refractivity contribution < 1.29 is 21.6 Å². The lowest BCUT2D eigenvalue weighted by atomic mass is 10.2. The van der Waals surface area contributed by atoms with Gasteiger partial charge in [0.2, 0.25) is 0 Å².